The number of nitrogens with one attached hydrogen (secondary N) is 1. The van der Waals surface area contributed by atoms with Gasteiger partial charge in [0.25, 0.3) is 0 Å². The number of hydrogen-bond donors (Lipinski definition) is 1. The summed E-state index contributed by atoms with van der Waals surface area (Å²) in [6.45, 7) is 8.60. The molecule has 1 rings (SSSR count). The summed E-state index contributed by atoms with van der Waals surface area (Å²) in [5.74, 6) is 0. The van der Waals surface area contributed by atoms with E-state index in [1.54, 1.807) is 0 Å². The van der Waals surface area contributed by atoms with Gasteiger partial charge in [-0.2, -0.15) is 0 Å². The molecule has 0 radical (unpaired) electrons. The highest BCUT2D eigenvalue weighted by Crippen LogP contribution is 2.18. The van der Waals surface area contributed by atoms with E-state index in [-0.39, 0.29) is 5.54 Å². The van der Waals surface area contributed by atoms with E-state index in [4.69, 9.17) is 0 Å². The molecule has 0 saturated carbocycles. The van der Waals surface area contributed by atoms with Gasteiger partial charge in [0.15, 0.2) is 0 Å². The average molecular weight is 226 g/mol. The molecule has 3 heteroatoms. The van der Waals surface area contributed by atoms with Crippen LogP contribution in [-0.4, -0.2) is 24.5 Å². The third kappa shape index (κ3) is 5.30. The van der Waals surface area contributed by atoms with Gasteiger partial charge in [0.1, 0.15) is 0 Å². The molecule has 0 aliphatic heterocycles. The summed E-state index contributed by atoms with van der Waals surface area (Å²) < 4.78 is 0. The van der Waals surface area contributed by atoms with Crippen LogP contribution in [0.5, 0.6) is 0 Å². The average Bonchev–Trinajstić information content (AvgIpc) is 2.46. The van der Waals surface area contributed by atoms with Gasteiger partial charge in [-0.1, -0.05) is 0 Å². The smallest absolute Gasteiger partial charge is 0.0321 e. The Kier molecular flexibility index (Phi) is 4.32. The summed E-state index contributed by atoms with van der Waals surface area (Å²) >= 11 is 1.90. The van der Waals surface area contributed by atoms with E-state index >= 15 is 0 Å². The van der Waals surface area contributed by atoms with Crippen LogP contribution in [0.3, 0.4) is 0 Å². The lowest BCUT2D eigenvalue weighted by atomic mass is 10.1. The van der Waals surface area contributed by atoms with Crippen molar-refractivity contribution in [3.63, 3.8) is 0 Å². The fourth-order valence-electron chi connectivity index (χ4n) is 1.27. The monoisotopic (exact) mass is 226 g/mol. The van der Waals surface area contributed by atoms with Crippen LogP contribution in [0, 0.1) is 0 Å². The third-order valence-electron chi connectivity index (χ3n) is 1.98. The van der Waals surface area contributed by atoms with E-state index in [1.807, 2.05) is 11.3 Å². The van der Waals surface area contributed by atoms with Crippen molar-refractivity contribution < 1.29 is 0 Å². The molecule has 0 aliphatic carbocycles. The summed E-state index contributed by atoms with van der Waals surface area (Å²) in [5.41, 5.74) is 0.200. The van der Waals surface area contributed by atoms with E-state index in [1.165, 1.54) is 9.75 Å². The van der Waals surface area contributed by atoms with Crippen molar-refractivity contribution in [1.82, 2.24) is 10.2 Å². The number of nitrogens with zero attached hydrogens (tertiary/aromatic N) is 1. The standard InChI is InChI=1S/C12H22N2S/c1-12(2,3)13-8-10-6-7-11(15-10)9-14(4)5/h6-7,13H,8-9H2,1-5H3. The van der Waals surface area contributed by atoms with Crippen molar-refractivity contribution in [2.24, 2.45) is 0 Å². The minimum atomic E-state index is 0.200. The normalized spacial score (nSPS) is 12.4. The maximum atomic E-state index is 3.50. The molecule has 0 aliphatic rings. The van der Waals surface area contributed by atoms with Gasteiger partial charge < -0.3 is 10.2 Å². The number of rotatable bonds is 4. The second kappa shape index (κ2) is 5.10. The van der Waals surface area contributed by atoms with Gasteiger partial charge in [-0.25, -0.2) is 0 Å². The maximum Gasteiger partial charge on any atom is 0.0321 e. The molecule has 0 unspecified atom stereocenters. The lowest BCUT2D eigenvalue weighted by Gasteiger charge is -2.19. The fourth-order valence-corrected chi connectivity index (χ4v) is 2.34. The van der Waals surface area contributed by atoms with E-state index in [9.17, 15) is 0 Å². The highest BCUT2D eigenvalue weighted by atomic mass is 32.1. The molecule has 0 amide bonds. The zero-order valence-electron chi connectivity index (χ0n) is 10.4. The first kappa shape index (κ1) is 12.7. The Morgan fingerprint density at radius 2 is 1.80 bits per heavy atom. The van der Waals surface area contributed by atoms with Crippen LogP contribution in [0.25, 0.3) is 0 Å². The predicted molar refractivity (Wildman–Crippen MR) is 68.3 cm³/mol. The molecule has 15 heavy (non-hydrogen) atoms. The molecule has 1 heterocycles. The quantitative estimate of drug-likeness (QED) is 0.849. The van der Waals surface area contributed by atoms with Crippen LogP contribution < -0.4 is 5.32 Å². The van der Waals surface area contributed by atoms with Crippen molar-refractivity contribution in [3.8, 4) is 0 Å². The van der Waals surface area contributed by atoms with Gasteiger partial charge in [-0.3, -0.25) is 0 Å². The van der Waals surface area contributed by atoms with Crippen molar-refractivity contribution in [1.29, 1.82) is 0 Å². The molecule has 0 atom stereocenters. The Hall–Kier alpha value is -0.380. The zero-order chi connectivity index (χ0) is 11.5. The van der Waals surface area contributed by atoms with Crippen LogP contribution in [0.15, 0.2) is 12.1 Å². The van der Waals surface area contributed by atoms with Gasteiger partial charge in [0, 0.05) is 28.4 Å². The minimum absolute atomic E-state index is 0.200. The molecule has 0 bridgehead atoms. The Bertz CT molecular complexity index is 297. The molecule has 1 aromatic heterocycles. The molecule has 1 N–H and O–H groups in total. The summed E-state index contributed by atoms with van der Waals surface area (Å²) in [4.78, 5) is 5.06. The van der Waals surface area contributed by atoms with Crippen molar-refractivity contribution in [3.05, 3.63) is 21.9 Å². The van der Waals surface area contributed by atoms with E-state index in [0.29, 0.717) is 0 Å². The van der Waals surface area contributed by atoms with Crippen molar-refractivity contribution in [2.75, 3.05) is 14.1 Å². The number of thiophene rings is 1. The molecule has 0 aromatic carbocycles. The molecule has 0 fully saturated rings. The third-order valence-corrected chi connectivity index (χ3v) is 3.05. The SMILES string of the molecule is CN(C)Cc1ccc(CNC(C)(C)C)s1. The molecule has 86 valence electrons. The maximum absolute atomic E-state index is 3.50. The minimum Gasteiger partial charge on any atom is -0.307 e. The molecular weight excluding hydrogens is 204 g/mol. The molecule has 0 spiro atoms. The van der Waals surface area contributed by atoms with Gasteiger partial charge in [0.2, 0.25) is 0 Å². The van der Waals surface area contributed by atoms with Crippen LogP contribution in [-0.2, 0) is 13.1 Å². The number of hydrogen-bond acceptors (Lipinski definition) is 3. The van der Waals surface area contributed by atoms with Crippen LogP contribution >= 0.6 is 11.3 Å². The predicted octanol–water partition coefficient (Wildman–Crippen LogP) is 2.70. The summed E-state index contributed by atoms with van der Waals surface area (Å²) in [5, 5.41) is 3.50. The summed E-state index contributed by atoms with van der Waals surface area (Å²) in [6, 6.07) is 4.45. The van der Waals surface area contributed by atoms with Gasteiger partial charge >= 0.3 is 0 Å². The Labute approximate surface area is 97.3 Å². The summed E-state index contributed by atoms with van der Waals surface area (Å²) in [6.07, 6.45) is 0. The van der Waals surface area contributed by atoms with E-state index in [2.05, 4.69) is 57.2 Å². The summed E-state index contributed by atoms with van der Waals surface area (Å²) in [7, 11) is 4.21. The topological polar surface area (TPSA) is 15.3 Å². The second-order valence-electron chi connectivity index (χ2n) is 5.21. The van der Waals surface area contributed by atoms with Gasteiger partial charge in [0.05, 0.1) is 0 Å². The molecular formula is C12H22N2S. The van der Waals surface area contributed by atoms with Crippen molar-refractivity contribution >= 4 is 11.3 Å². The first-order chi connectivity index (χ1) is 6.87. The molecule has 0 saturated heterocycles. The van der Waals surface area contributed by atoms with Crippen molar-refractivity contribution in [2.45, 2.75) is 39.4 Å². The van der Waals surface area contributed by atoms with Gasteiger partial charge in [-0.05, 0) is 47.0 Å². The first-order valence-corrected chi connectivity index (χ1v) is 6.16. The first-order valence-electron chi connectivity index (χ1n) is 5.34. The lowest BCUT2D eigenvalue weighted by molar-refractivity contribution is 0.406. The van der Waals surface area contributed by atoms with E-state index < -0.39 is 0 Å². The Morgan fingerprint density at radius 3 is 2.33 bits per heavy atom. The Morgan fingerprint density at radius 1 is 1.20 bits per heavy atom. The van der Waals surface area contributed by atoms with Crippen LogP contribution in [0.1, 0.15) is 30.5 Å². The lowest BCUT2D eigenvalue weighted by Crippen LogP contribution is -2.34. The zero-order valence-corrected chi connectivity index (χ0v) is 11.2. The molecule has 1 aromatic rings. The van der Waals surface area contributed by atoms with Gasteiger partial charge in [-0.15, -0.1) is 11.3 Å². The van der Waals surface area contributed by atoms with Crippen LogP contribution in [0.4, 0.5) is 0 Å². The highest BCUT2D eigenvalue weighted by Gasteiger charge is 2.09. The van der Waals surface area contributed by atoms with Crippen LogP contribution in [0.2, 0.25) is 0 Å². The Balaban J connectivity index is 2.46. The second-order valence-corrected chi connectivity index (χ2v) is 6.46. The largest absolute Gasteiger partial charge is 0.307 e. The fraction of sp³-hybridized carbons (Fsp3) is 0.667. The van der Waals surface area contributed by atoms with E-state index in [0.717, 1.165) is 13.1 Å². The molecule has 2 nitrogen and oxygen atoms in total. The highest BCUT2D eigenvalue weighted by molar-refractivity contribution is 7.11.